The van der Waals surface area contributed by atoms with Gasteiger partial charge in [-0.1, -0.05) is 30.3 Å². The fourth-order valence-corrected chi connectivity index (χ4v) is 3.06. The number of nitrogens with two attached hydrogens (primary N) is 1. The molecule has 1 amide bonds. The highest BCUT2D eigenvalue weighted by atomic mass is 16.2. The van der Waals surface area contributed by atoms with Crippen molar-refractivity contribution >= 4 is 17.5 Å². The second kappa shape index (κ2) is 9.69. The van der Waals surface area contributed by atoms with Crippen LogP contribution in [0, 0.1) is 13.8 Å². The fourth-order valence-electron chi connectivity index (χ4n) is 3.06. The Morgan fingerprint density at radius 3 is 2.63 bits per heavy atom. The number of rotatable bonds is 8. The van der Waals surface area contributed by atoms with Gasteiger partial charge in [0.2, 0.25) is 11.9 Å². The van der Waals surface area contributed by atoms with E-state index in [9.17, 15) is 9.59 Å². The lowest BCUT2D eigenvalue weighted by Crippen LogP contribution is -2.34. The van der Waals surface area contributed by atoms with Gasteiger partial charge in [0.05, 0.1) is 0 Å². The van der Waals surface area contributed by atoms with E-state index in [2.05, 4.69) is 20.6 Å². The number of aromatic nitrogens is 3. The Bertz CT molecular complexity index is 1080. The van der Waals surface area contributed by atoms with Gasteiger partial charge < -0.3 is 20.9 Å². The highest BCUT2D eigenvalue weighted by Gasteiger charge is 2.11. The van der Waals surface area contributed by atoms with Gasteiger partial charge in [-0.2, -0.15) is 0 Å². The minimum absolute atomic E-state index is 0.0618. The zero-order chi connectivity index (χ0) is 21.5. The summed E-state index contributed by atoms with van der Waals surface area (Å²) >= 11 is 0. The molecule has 0 radical (unpaired) electrons. The molecule has 0 bridgehead atoms. The van der Waals surface area contributed by atoms with Gasteiger partial charge in [0.1, 0.15) is 12.2 Å². The lowest BCUT2D eigenvalue weighted by Gasteiger charge is -2.14. The van der Waals surface area contributed by atoms with Gasteiger partial charge in [0.15, 0.2) is 0 Å². The third kappa shape index (κ3) is 5.44. The quantitative estimate of drug-likeness (QED) is 0.526. The zero-order valence-electron chi connectivity index (χ0n) is 17.2. The van der Waals surface area contributed by atoms with Gasteiger partial charge in [-0.3, -0.25) is 9.59 Å². The molecule has 0 aliphatic rings. The van der Waals surface area contributed by atoms with Crippen LogP contribution in [0.25, 0.3) is 0 Å². The second-order valence-corrected chi connectivity index (χ2v) is 7.06. The first-order chi connectivity index (χ1) is 14.4. The number of nitrogens with one attached hydrogen (secondary N) is 2. The van der Waals surface area contributed by atoms with Crippen LogP contribution in [0.4, 0.5) is 11.6 Å². The van der Waals surface area contributed by atoms with Crippen LogP contribution >= 0.6 is 0 Å². The van der Waals surface area contributed by atoms with Crippen LogP contribution in [0.2, 0.25) is 0 Å². The van der Waals surface area contributed by atoms with Crippen LogP contribution in [-0.4, -0.2) is 27.0 Å². The summed E-state index contributed by atoms with van der Waals surface area (Å²) in [6.45, 7) is 4.45. The van der Waals surface area contributed by atoms with Gasteiger partial charge in [0, 0.05) is 36.2 Å². The van der Waals surface area contributed by atoms with Crippen molar-refractivity contribution in [1.82, 2.24) is 19.9 Å². The molecule has 0 aliphatic heterocycles. The van der Waals surface area contributed by atoms with Crippen LogP contribution in [-0.2, 0) is 24.3 Å². The summed E-state index contributed by atoms with van der Waals surface area (Å²) in [6, 6.07) is 13.6. The van der Waals surface area contributed by atoms with E-state index >= 15 is 0 Å². The van der Waals surface area contributed by atoms with Crippen LogP contribution < -0.4 is 21.9 Å². The first-order valence-electron chi connectivity index (χ1n) is 9.77. The Labute approximate surface area is 175 Å². The number of anilines is 2. The number of carbonyl (C=O) groups excluding carboxylic acids is 1. The first kappa shape index (κ1) is 21.0. The largest absolute Gasteiger partial charge is 0.380 e. The molecular weight excluding hydrogens is 380 g/mol. The lowest BCUT2D eigenvalue weighted by atomic mass is 10.1. The Morgan fingerprint density at radius 1 is 1.13 bits per heavy atom. The number of hydrogen-bond donors (Lipinski definition) is 3. The van der Waals surface area contributed by atoms with Crippen LogP contribution in [0.1, 0.15) is 22.5 Å². The number of aryl methyl sites for hydroxylation is 2. The van der Waals surface area contributed by atoms with Crippen LogP contribution in [0.5, 0.6) is 0 Å². The van der Waals surface area contributed by atoms with Crippen molar-refractivity contribution in [3.05, 3.63) is 81.5 Å². The summed E-state index contributed by atoms with van der Waals surface area (Å²) in [5, 5.41) is 5.99. The molecule has 30 heavy (non-hydrogen) atoms. The van der Waals surface area contributed by atoms with E-state index in [1.165, 1.54) is 10.1 Å². The molecule has 0 saturated heterocycles. The number of pyridine rings is 1. The molecule has 2 aromatic heterocycles. The number of benzene rings is 1. The molecule has 0 aliphatic carbocycles. The van der Waals surface area contributed by atoms with Crippen molar-refractivity contribution in [2.75, 3.05) is 17.6 Å². The zero-order valence-corrected chi connectivity index (χ0v) is 17.2. The van der Waals surface area contributed by atoms with E-state index in [1.807, 2.05) is 36.4 Å². The number of hydrogen-bond acceptors (Lipinski definition) is 6. The standard InChI is InChI=1S/C22H26N6O2/c1-15-8-9-19(24-11-10-17-6-4-3-5-7-17)21(30)28(15)14-20(29)25-12-18-13-26-22(23)27-16(18)2/h3-9,13,24H,10-12,14H2,1-2H3,(H,25,29)(H2,23,26,27). The van der Waals surface area contributed by atoms with Gasteiger partial charge in [-0.05, 0) is 38.0 Å². The first-order valence-corrected chi connectivity index (χ1v) is 9.77. The van der Waals surface area contributed by atoms with E-state index in [4.69, 9.17) is 5.73 Å². The third-order valence-electron chi connectivity index (χ3n) is 4.84. The molecule has 0 spiro atoms. The van der Waals surface area contributed by atoms with Crippen molar-refractivity contribution < 1.29 is 4.79 Å². The third-order valence-corrected chi connectivity index (χ3v) is 4.84. The Balaban J connectivity index is 1.61. The molecule has 1 aromatic carbocycles. The average molecular weight is 406 g/mol. The summed E-state index contributed by atoms with van der Waals surface area (Å²) in [7, 11) is 0. The molecule has 8 nitrogen and oxygen atoms in total. The Morgan fingerprint density at radius 2 is 1.90 bits per heavy atom. The number of amides is 1. The minimum Gasteiger partial charge on any atom is -0.380 e. The monoisotopic (exact) mass is 406 g/mol. The number of nitrogens with zero attached hydrogens (tertiary/aromatic N) is 3. The summed E-state index contributed by atoms with van der Waals surface area (Å²) in [5.41, 5.74) is 9.21. The van der Waals surface area contributed by atoms with E-state index in [0.29, 0.717) is 17.9 Å². The molecule has 4 N–H and O–H groups in total. The van der Waals surface area contributed by atoms with E-state index in [1.54, 1.807) is 26.1 Å². The fraction of sp³-hybridized carbons (Fsp3) is 0.273. The topological polar surface area (TPSA) is 115 Å². The van der Waals surface area contributed by atoms with Gasteiger partial charge in [0.25, 0.3) is 5.56 Å². The molecule has 0 saturated carbocycles. The maximum absolute atomic E-state index is 12.8. The second-order valence-electron chi connectivity index (χ2n) is 7.06. The van der Waals surface area contributed by atoms with Crippen molar-refractivity contribution in [1.29, 1.82) is 0 Å². The van der Waals surface area contributed by atoms with E-state index in [-0.39, 0.29) is 30.5 Å². The minimum atomic E-state index is -0.266. The van der Waals surface area contributed by atoms with Gasteiger partial charge in [-0.15, -0.1) is 0 Å². The Hall–Kier alpha value is -3.68. The van der Waals surface area contributed by atoms with Crippen LogP contribution in [0.3, 0.4) is 0 Å². The highest BCUT2D eigenvalue weighted by molar-refractivity contribution is 5.76. The summed E-state index contributed by atoms with van der Waals surface area (Å²) < 4.78 is 1.46. The SMILES string of the molecule is Cc1nc(N)ncc1CNC(=O)Cn1c(C)ccc(NCCc2ccccc2)c1=O. The molecule has 8 heteroatoms. The molecule has 3 aromatic rings. The van der Waals surface area contributed by atoms with E-state index in [0.717, 1.165) is 17.7 Å². The van der Waals surface area contributed by atoms with Crippen molar-refractivity contribution in [3.63, 3.8) is 0 Å². The maximum Gasteiger partial charge on any atom is 0.274 e. The molecule has 156 valence electrons. The number of nitrogen functional groups attached to an aromatic ring is 1. The van der Waals surface area contributed by atoms with Crippen molar-refractivity contribution in [2.24, 2.45) is 0 Å². The summed E-state index contributed by atoms with van der Waals surface area (Å²) in [5.74, 6) is -0.0702. The van der Waals surface area contributed by atoms with Gasteiger partial charge >= 0.3 is 0 Å². The highest BCUT2D eigenvalue weighted by Crippen LogP contribution is 2.06. The predicted molar refractivity (Wildman–Crippen MR) is 117 cm³/mol. The smallest absolute Gasteiger partial charge is 0.274 e. The average Bonchev–Trinajstić information content (AvgIpc) is 2.73. The molecule has 3 rings (SSSR count). The predicted octanol–water partition coefficient (Wildman–Crippen LogP) is 1.81. The van der Waals surface area contributed by atoms with E-state index < -0.39 is 0 Å². The summed E-state index contributed by atoms with van der Waals surface area (Å²) in [6.07, 6.45) is 2.39. The molecule has 2 heterocycles. The lowest BCUT2D eigenvalue weighted by molar-refractivity contribution is -0.121. The Kier molecular flexibility index (Phi) is 6.79. The molecular formula is C22H26N6O2. The maximum atomic E-state index is 12.8. The molecule has 0 fully saturated rings. The van der Waals surface area contributed by atoms with Crippen molar-refractivity contribution in [2.45, 2.75) is 33.4 Å². The van der Waals surface area contributed by atoms with Crippen molar-refractivity contribution in [3.8, 4) is 0 Å². The molecule has 0 unspecified atom stereocenters. The van der Waals surface area contributed by atoms with Crippen LogP contribution in [0.15, 0.2) is 53.5 Å². The molecule has 0 atom stereocenters. The normalized spacial score (nSPS) is 10.6. The summed E-state index contributed by atoms with van der Waals surface area (Å²) in [4.78, 5) is 33.3. The number of carbonyl (C=O) groups is 1. The van der Waals surface area contributed by atoms with Gasteiger partial charge in [-0.25, -0.2) is 9.97 Å².